The number of amides is 1. The van der Waals surface area contributed by atoms with Crippen molar-refractivity contribution in [1.29, 1.82) is 0 Å². The normalized spacial score (nSPS) is 26.5. The second kappa shape index (κ2) is 6.45. The van der Waals surface area contributed by atoms with Gasteiger partial charge < -0.3 is 9.64 Å². The molecule has 2 saturated heterocycles. The zero-order valence-corrected chi connectivity index (χ0v) is 15.1. The molecule has 2 aliphatic heterocycles. The van der Waals surface area contributed by atoms with Gasteiger partial charge in [-0.25, -0.2) is 8.42 Å². The minimum absolute atomic E-state index is 0.00895. The van der Waals surface area contributed by atoms with Crippen LogP contribution in [0.2, 0.25) is 0 Å². The molecule has 0 aromatic carbocycles. The number of piperazine rings is 1. The fourth-order valence-electron chi connectivity index (χ4n) is 3.76. The van der Waals surface area contributed by atoms with E-state index in [-0.39, 0.29) is 36.1 Å². The van der Waals surface area contributed by atoms with Crippen LogP contribution in [0.4, 0.5) is 0 Å². The summed E-state index contributed by atoms with van der Waals surface area (Å²) in [6.45, 7) is 3.78. The minimum atomic E-state index is -3.14. The van der Waals surface area contributed by atoms with Gasteiger partial charge in [0.1, 0.15) is 6.61 Å². The van der Waals surface area contributed by atoms with E-state index in [0.29, 0.717) is 19.6 Å². The Bertz CT molecular complexity index is 730. The number of sulfone groups is 1. The maximum Gasteiger partial charge on any atom is 0.248 e. The first-order chi connectivity index (χ1) is 11.3. The molecule has 1 amide bonds. The highest BCUT2D eigenvalue weighted by Gasteiger charge is 2.47. The number of nitrogens with zero attached hydrogens (tertiary/aromatic N) is 4. The quantitative estimate of drug-likeness (QED) is 0.701. The van der Waals surface area contributed by atoms with Gasteiger partial charge in [0, 0.05) is 51.6 Å². The summed E-state index contributed by atoms with van der Waals surface area (Å²) in [6, 6.07) is -0.451. The Morgan fingerprint density at radius 2 is 2.04 bits per heavy atom. The third-order valence-electron chi connectivity index (χ3n) is 4.87. The van der Waals surface area contributed by atoms with E-state index in [4.69, 9.17) is 4.74 Å². The van der Waals surface area contributed by atoms with Crippen LogP contribution in [0.25, 0.3) is 0 Å². The average Bonchev–Trinajstić information content (AvgIpc) is 2.97. The van der Waals surface area contributed by atoms with Gasteiger partial charge in [-0.15, -0.1) is 0 Å². The lowest BCUT2D eigenvalue weighted by Gasteiger charge is -2.43. The van der Waals surface area contributed by atoms with Gasteiger partial charge >= 0.3 is 0 Å². The van der Waals surface area contributed by atoms with E-state index in [1.54, 1.807) is 9.58 Å². The zero-order chi connectivity index (χ0) is 17.5. The number of carbonyl (C=O) groups excluding carboxylic acids is 1. The summed E-state index contributed by atoms with van der Waals surface area (Å²) in [4.78, 5) is 16.1. The third-order valence-corrected chi connectivity index (χ3v) is 6.57. The van der Waals surface area contributed by atoms with Crippen LogP contribution in [0.1, 0.15) is 11.3 Å². The standard InChI is InChI=1S/C15H24N4O4S/c1-11-12(6-17(2)16-11)7-18-4-5-19(15(20)8-23-3)14-10-24(21,22)9-13(14)18/h6,13-14H,4-5,7-10H2,1-3H3/t13-,14+/m0/s1. The van der Waals surface area contributed by atoms with Gasteiger partial charge in [0.15, 0.2) is 9.84 Å². The summed E-state index contributed by atoms with van der Waals surface area (Å²) >= 11 is 0. The summed E-state index contributed by atoms with van der Waals surface area (Å²) in [5.41, 5.74) is 2.05. The number of carbonyl (C=O) groups is 1. The van der Waals surface area contributed by atoms with Crippen LogP contribution in [0, 0.1) is 6.92 Å². The molecule has 1 aromatic heterocycles. The molecule has 0 N–H and O–H groups in total. The van der Waals surface area contributed by atoms with Crippen molar-refractivity contribution >= 4 is 15.7 Å². The molecule has 9 heteroatoms. The lowest BCUT2D eigenvalue weighted by molar-refractivity contribution is -0.141. The van der Waals surface area contributed by atoms with Crippen LogP contribution in [-0.4, -0.2) is 84.3 Å². The van der Waals surface area contributed by atoms with Crippen molar-refractivity contribution in [3.63, 3.8) is 0 Å². The molecule has 0 saturated carbocycles. The highest BCUT2D eigenvalue weighted by molar-refractivity contribution is 7.91. The molecule has 1 aromatic rings. The molecule has 0 unspecified atom stereocenters. The molecule has 0 aliphatic carbocycles. The molecule has 0 bridgehead atoms. The molecule has 0 spiro atoms. The van der Waals surface area contributed by atoms with Gasteiger partial charge in [-0.1, -0.05) is 0 Å². The lowest BCUT2D eigenvalue weighted by atomic mass is 10.0. The Kier molecular flexibility index (Phi) is 4.67. The number of methoxy groups -OCH3 is 1. The number of aryl methyl sites for hydroxylation is 2. The molecule has 24 heavy (non-hydrogen) atoms. The number of ether oxygens (including phenoxy) is 1. The molecular weight excluding hydrogens is 332 g/mol. The predicted octanol–water partition coefficient (Wildman–Crippen LogP) is -0.815. The van der Waals surface area contributed by atoms with Crippen molar-refractivity contribution in [1.82, 2.24) is 19.6 Å². The van der Waals surface area contributed by atoms with Crippen LogP contribution in [0.5, 0.6) is 0 Å². The van der Waals surface area contributed by atoms with E-state index in [9.17, 15) is 13.2 Å². The third kappa shape index (κ3) is 3.33. The summed E-state index contributed by atoms with van der Waals surface area (Å²) < 4.78 is 31.1. The molecule has 3 rings (SSSR count). The average molecular weight is 356 g/mol. The van der Waals surface area contributed by atoms with Gasteiger partial charge in [0.05, 0.1) is 23.2 Å². The summed E-state index contributed by atoms with van der Waals surface area (Å²) in [5.74, 6) is 0.00503. The first-order valence-electron chi connectivity index (χ1n) is 8.03. The molecule has 2 fully saturated rings. The van der Waals surface area contributed by atoms with Crippen molar-refractivity contribution < 1.29 is 17.9 Å². The predicted molar refractivity (Wildman–Crippen MR) is 88.2 cm³/mol. The maximum absolute atomic E-state index is 12.2. The maximum atomic E-state index is 12.2. The van der Waals surface area contributed by atoms with Crippen molar-refractivity contribution in [3.8, 4) is 0 Å². The second-order valence-corrected chi connectivity index (χ2v) is 8.77. The lowest BCUT2D eigenvalue weighted by Crippen LogP contribution is -2.60. The molecule has 8 nitrogen and oxygen atoms in total. The van der Waals surface area contributed by atoms with Crippen molar-refractivity contribution in [2.24, 2.45) is 7.05 Å². The summed E-state index contributed by atoms with van der Waals surface area (Å²) in [7, 11) is 0.213. The fraction of sp³-hybridized carbons (Fsp3) is 0.733. The number of hydrogen-bond donors (Lipinski definition) is 0. The number of aromatic nitrogens is 2. The molecule has 0 radical (unpaired) electrons. The largest absolute Gasteiger partial charge is 0.375 e. The SMILES string of the molecule is COCC(=O)N1CCN(Cc2cn(C)nc2C)[C@H]2CS(=O)(=O)C[C@H]21. The Balaban J connectivity index is 1.81. The van der Waals surface area contributed by atoms with E-state index in [2.05, 4.69) is 10.00 Å². The van der Waals surface area contributed by atoms with Crippen LogP contribution in [-0.2, 0) is 33.0 Å². The van der Waals surface area contributed by atoms with Crippen molar-refractivity contribution in [2.75, 3.05) is 38.3 Å². The van der Waals surface area contributed by atoms with E-state index in [1.165, 1.54) is 7.11 Å². The molecule has 134 valence electrons. The Labute approximate surface area is 142 Å². The van der Waals surface area contributed by atoms with Gasteiger partial charge in [-0.2, -0.15) is 5.10 Å². The van der Waals surface area contributed by atoms with E-state index in [0.717, 1.165) is 11.3 Å². The minimum Gasteiger partial charge on any atom is -0.375 e. The van der Waals surface area contributed by atoms with Gasteiger partial charge in [-0.05, 0) is 6.92 Å². The second-order valence-electron chi connectivity index (χ2n) is 6.62. The molecule has 2 atom stereocenters. The van der Waals surface area contributed by atoms with Gasteiger partial charge in [0.2, 0.25) is 5.91 Å². The monoisotopic (exact) mass is 356 g/mol. The summed E-state index contributed by atoms with van der Waals surface area (Å²) in [6.07, 6.45) is 1.97. The number of hydrogen-bond acceptors (Lipinski definition) is 6. The Morgan fingerprint density at radius 3 is 2.67 bits per heavy atom. The van der Waals surface area contributed by atoms with Crippen molar-refractivity contribution in [2.45, 2.75) is 25.6 Å². The first kappa shape index (κ1) is 17.4. The highest BCUT2D eigenvalue weighted by Crippen LogP contribution is 2.28. The van der Waals surface area contributed by atoms with E-state index >= 15 is 0 Å². The van der Waals surface area contributed by atoms with Crippen LogP contribution >= 0.6 is 0 Å². The number of rotatable bonds is 4. The van der Waals surface area contributed by atoms with E-state index < -0.39 is 9.84 Å². The number of fused-ring (bicyclic) bond motifs is 1. The first-order valence-corrected chi connectivity index (χ1v) is 9.85. The smallest absolute Gasteiger partial charge is 0.248 e. The molecule has 2 aliphatic rings. The highest BCUT2D eigenvalue weighted by atomic mass is 32.2. The van der Waals surface area contributed by atoms with Crippen LogP contribution < -0.4 is 0 Å². The summed E-state index contributed by atoms with van der Waals surface area (Å²) in [5, 5.41) is 4.35. The van der Waals surface area contributed by atoms with Crippen LogP contribution in [0.15, 0.2) is 6.20 Å². The Morgan fingerprint density at radius 1 is 1.33 bits per heavy atom. The topological polar surface area (TPSA) is 84.7 Å². The molecule has 3 heterocycles. The van der Waals surface area contributed by atoms with Crippen molar-refractivity contribution in [3.05, 3.63) is 17.5 Å². The van der Waals surface area contributed by atoms with Crippen LogP contribution in [0.3, 0.4) is 0 Å². The fourth-order valence-corrected chi connectivity index (χ4v) is 5.77. The Hall–Kier alpha value is -1.45. The molecular formula is C15H24N4O4S. The zero-order valence-electron chi connectivity index (χ0n) is 14.3. The van der Waals surface area contributed by atoms with Gasteiger partial charge in [-0.3, -0.25) is 14.4 Å². The van der Waals surface area contributed by atoms with Gasteiger partial charge in [0.25, 0.3) is 0 Å². The van der Waals surface area contributed by atoms with E-state index in [1.807, 2.05) is 20.2 Å².